The van der Waals surface area contributed by atoms with Crippen molar-refractivity contribution in [1.82, 2.24) is 20.1 Å². The van der Waals surface area contributed by atoms with Crippen molar-refractivity contribution in [3.8, 4) is 10.6 Å². The number of hydrogen-bond donors (Lipinski definition) is 1. The van der Waals surface area contributed by atoms with E-state index in [9.17, 15) is 9.59 Å². The minimum Gasteiger partial charge on any atom is -0.376 e. The highest BCUT2D eigenvalue weighted by Crippen LogP contribution is 2.31. The number of hydrogen-bond acceptors (Lipinski definition) is 7. The molecule has 1 aliphatic heterocycles. The van der Waals surface area contributed by atoms with E-state index in [-0.39, 0.29) is 24.1 Å². The lowest BCUT2D eigenvalue weighted by Crippen LogP contribution is -2.37. The standard InChI is InChI=1S/C17H18N4O3S2/c1-10-19-15-16(26-10)14(12-5-3-7-25-12)20-21(17(15)23)9-13(22)18-8-11-4-2-6-24-11/h3,5,7,11H,2,4,6,8-9H2,1H3,(H,18,22)/t11-/m0/s1. The van der Waals surface area contributed by atoms with Crippen molar-refractivity contribution in [1.29, 1.82) is 0 Å². The van der Waals surface area contributed by atoms with E-state index in [0.717, 1.165) is 34.0 Å². The molecule has 4 heterocycles. The van der Waals surface area contributed by atoms with Crippen LogP contribution in [0.15, 0.2) is 22.3 Å². The first kappa shape index (κ1) is 17.3. The van der Waals surface area contributed by atoms with Gasteiger partial charge in [-0.3, -0.25) is 9.59 Å². The lowest BCUT2D eigenvalue weighted by molar-refractivity contribution is -0.122. The molecule has 3 aromatic heterocycles. The van der Waals surface area contributed by atoms with E-state index in [4.69, 9.17) is 4.74 Å². The second-order valence-electron chi connectivity index (χ2n) is 6.14. The molecule has 1 saturated heterocycles. The third-order valence-electron chi connectivity index (χ3n) is 4.21. The van der Waals surface area contributed by atoms with Gasteiger partial charge in [0, 0.05) is 13.2 Å². The Kier molecular flexibility index (Phi) is 4.84. The predicted molar refractivity (Wildman–Crippen MR) is 102 cm³/mol. The second kappa shape index (κ2) is 7.26. The number of fused-ring (bicyclic) bond motifs is 1. The number of aryl methyl sites for hydroxylation is 1. The van der Waals surface area contributed by atoms with Crippen molar-refractivity contribution >= 4 is 38.8 Å². The number of thiophene rings is 1. The largest absolute Gasteiger partial charge is 0.376 e. The van der Waals surface area contributed by atoms with Crippen LogP contribution in [-0.4, -0.2) is 39.9 Å². The summed E-state index contributed by atoms with van der Waals surface area (Å²) in [6, 6.07) is 3.89. The van der Waals surface area contributed by atoms with Crippen LogP contribution in [-0.2, 0) is 16.1 Å². The minimum atomic E-state index is -0.336. The average molecular weight is 390 g/mol. The first-order chi connectivity index (χ1) is 12.6. The number of thiazole rings is 1. The Labute approximate surface area is 157 Å². The van der Waals surface area contributed by atoms with E-state index in [1.807, 2.05) is 24.4 Å². The molecule has 0 radical (unpaired) electrons. The lowest BCUT2D eigenvalue weighted by atomic mass is 10.2. The number of rotatable bonds is 5. The van der Waals surface area contributed by atoms with Crippen LogP contribution in [0.25, 0.3) is 20.8 Å². The Balaban J connectivity index is 1.63. The molecular formula is C17H18N4O3S2. The van der Waals surface area contributed by atoms with E-state index in [2.05, 4.69) is 15.4 Å². The second-order valence-corrected chi connectivity index (χ2v) is 8.29. The molecule has 1 fully saturated rings. The summed E-state index contributed by atoms with van der Waals surface area (Å²) in [5.41, 5.74) is 0.738. The van der Waals surface area contributed by atoms with Crippen LogP contribution in [0.4, 0.5) is 0 Å². The van der Waals surface area contributed by atoms with Crippen LogP contribution in [0.5, 0.6) is 0 Å². The van der Waals surface area contributed by atoms with E-state index in [1.165, 1.54) is 16.0 Å². The fourth-order valence-electron chi connectivity index (χ4n) is 2.97. The highest BCUT2D eigenvalue weighted by Gasteiger charge is 2.20. The molecule has 1 atom stereocenters. The van der Waals surface area contributed by atoms with Gasteiger partial charge in [0.05, 0.1) is 20.7 Å². The van der Waals surface area contributed by atoms with Gasteiger partial charge in [0.2, 0.25) is 5.91 Å². The molecule has 0 saturated carbocycles. The monoisotopic (exact) mass is 390 g/mol. The van der Waals surface area contributed by atoms with Gasteiger partial charge in [-0.25, -0.2) is 9.67 Å². The SMILES string of the molecule is Cc1nc2c(=O)n(CC(=O)NC[C@@H]3CCCO3)nc(-c3cccs3)c2s1. The van der Waals surface area contributed by atoms with Gasteiger partial charge in [0.1, 0.15) is 12.2 Å². The van der Waals surface area contributed by atoms with Crippen LogP contribution in [0, 0.1) is 6.92 Å². The first-order valence-electron chi connectivity index (χ1n) is 8.42. The fraction of sp³-hybridized carbons (Fsp3) is 0.412. The Morgan fingerprint density at radius 1 is 1.50 bits per heavy atom. The van der Waals surface area contributed by atoms with Gasteiger partial charge >= 0.3 is 0 Å². The summed E-state index contributed by atoms with van der Waals surface area (Å²) in [4.78, 5) is 30.3. The molecule has 7 nitrogen and oxygen atoms in total. The number of carbonyl (C=O) groups excluding carboxylic acids is 1. The van der Waals surface area contributed by atoms with Crippen molar-refractivity contribution in [3.05, 3.63) is 32.9 Å². The zero-order chi connectivity index (χ0) is 18.1. The molecule has 0 spiro atoms. The van der Waals surface area contributed by atoms with E-state index >= 15 is 0 Å². The van der Waals surface area contributed by atoms with Crippen LogP contribution in [0.1, 0.15) is 17.8 Å². The highest BCUT2D eigenvalue weighted by molar-refractivity contribution is 7.20. The zero-order valence-electron chi connectivity index (χ0n) is 14.2. The molecule has 0 unspecified atom stereocenters. The summed E-state index contributed by atoms with van der Waals surface area (Å²) in [6.45, 7) is 2.94. The summed E-state index contributed by atoms with van der Waals surface area (Å²) in [6.07, 6.45) is 2.03. The Bertz CT molecular complexity index is 988. The molecule has 1 N–H and O–H groups in total. The van der Waals surface area contributed by atoms with Crippen molar-refractivity contribution < 1.29 is 9.53 Å². The van der Waals surface area contributed by atoms with Crippen molar-refractivity contribution in [2.45, 2.75) is 32.4 Å². The van der Waals surface area contributed by atoms with Gasteiger partial charge in [0.15, 0.2) is 5.52 Å². The maximum atomic E-state index is 12.7. The topological polar surface area (TPSA) is 86.1 Å². The predicted octanol–water partition coefficient (Wildman–Crippen LogP) is 2.19. The summed E-state index contributed by atoms with van der Waals surface area (Å²) in [5.74, 6) is -0.251. The first-order valence-corrected chi connectivity index (χ1v) is 10.1. The molecule has 4 rings (SSSR count). The van der Waals surface area contributed by atoms with Gasteiger partial charge in [-0.1, -0.05) is 6.07 Å². The summed E-state index contributed by atoms with van der Waals surface area (Å²) in [5, 5.41) is 10.1. The smallest absolute Gasteiger partial charge is 0.294 e. The van der Waals surface area contributed by atoms with Crippen LogP contribution in [0.3, 0.4) is 0 Å². The number of nitrogens with zero attached hydrogens (tertiary/aromatic N) is 3. The highest BCUT2D eigenvalue weighted by atomic mass is 32.1. The summed E-state index contributed by atoms with van der Waals surface area (Å²) in [7, 11) is 0. The number of amides is 1. The molecule has 3 aromatic rings. The fourth-order valence-corrected chi connectivity index (χ4v) is 4.66. The third kappa shape index (κ3) is 3.42. The number of aromatic nitrogens is 3. The quantitative estimate of drug-likeness (QED) is 0.722. The van der Waals surface area contributed by atoms with Crippen molar-refractivity contribution in [2.24, 2.45) is 0 Å². The van der Waals surface area contributed by atoms with E-state index in [0.29, 0.717) is 17.8 Å². The van der Waals surface area contributed by atoms with Gasteiger partial charge in [-0.05, 0) is 31.2 Å². The molecule has 0 bridgehead atoms. The normalized spacial score (nSPS) is 17.0. The molecule has 1 aliphatic rings. The van der Waals surface area contributed by atoms with Crippen molar-refractivity contribution in [2.75, 3.05) is 13.2 Å². The molecule has 0 aromatic carbocycles. The van der Waals surface area contributed by atoms with Gasteiger partial charge in [-0.15, -0.1) is 22.7 Å². The lowest BCUT2D eigenvalue weighted by Gasteiger charge is -2.11. The van der Waals surface area contributed by atoms with Crippen LogP contribution < -0.4 is 10.9 Å². The maximum absolute atomic E-state index is 12.7. The molecule has 9 heteroatoms. The Hall–Kier alpha value is -2.10. The Morgan fingerprint density at radius 2 is 2.38 bits per heavy atom. The van der Waals surface area contributed by atoms with E-state index < -0.39 is 0 Å². The summed E-state index contributed by atoms with van der Waals surface area (Å²) < 4.78 is 7.48. The molecule has 1 amide bonds. The van der Waals surface area contributed by atoms with Crippen LogP contribution in [0.2, 0.25) is 0 Å². The van der Waals surface area contributed by atoms with Gasteiger partial charge in [0.25, 0.3) is 5.56 Å². The van der Waals surface area contributed by atoms with E-state index in [1.54, 1.807) is 11.3 Å². The summed E-state index contributed by atoms with van der Waals surface area (Å²) >= 11 is 2.99. The minimum absolute atomic E-state index is 0.0639. The molecular weight excluding hydrogens is 372 g/mol. The molecule has 136 valence electrons. The number of carbonyl (C=O) groups is 1. The molecule has 0 aliphatic carbocycles. The van der Waals surface area contributed by atoms with Crippen LogP contribution >= 0.6 is 22.7 Å². The average Bonchev–Trinajstić information content (AvgIpc) is 3.36. The third-order valence-corrected chi connectivity index (χ3v) is 6.06. The van der Waals surface area contributed by atoms with Crippen molar-refractivity contribution in [3.63, 3.8) is 0 Å². The maximum Gasteiger partial charge on any atom is 0.294 e. The molecule has 26 heavy (non-hydrogen) atoms. The number of nitrogens with one attached hydrogen (secondary N) is 1. The number of ether oxygens (including phenoxy) is 1. The van der Waals surface area contributed by atoms with Gasteiger partial charge in [-0.2, -0.15) is 5.10 Å². The van der Waals surface area contributed by atoms with Gasteiger partial charge < -0.3 is 10.1 Å². The Morgan fingerprint density at radius 3 is 3.12 bits per heavy atom. The zero-order valence-corrected chi connectivity index (χ0v) is 15.9.